The highest BCUT2D eigenvalue weighted by Gasteiger charge is 2.31. The Balaban J connectivity index is 1.54. The van der Waals surface area contributed by atoms with E-state index < -0.39 is 10.0 Å². The van der Waals surface area contributed by atoms with Crippen LogP contribution in [0.2, 0.25) is 0 Å². The Kier molecular flexibility index (Phi) is 5.30. The summed E-state index contributed by atoms with van der Waals surface area (Å²) in [6.45, 7) is 0.633. The highest BCUT2D eigenvalue weighted by atomic mass is 32.2. The van der Waals surface area contributed by atoms with E-state index in [2.05, 4.69) is 10.5 Å². The quantitative estimate of drug-likeness (QED) is 0.650. The first-order valence-electron chi connectivity index (χ1n) is 7.99. The number of nitrogens with zero attached hydrogens (tertiary/aromatic N) is 2. The molecule has 1 saturated heterocycles. The second-order valence-electron chi connectivity index (χ2n) is 5.74. The van der Waals surface area contributed by atoms with Gasteiger partial charge in [-0.2, -0.15) is 9.41 Å². The number of hydrazone groups is 1. The molecule has 0 saturated carbocycles. The standard InChI is InChI=1S/C17H19N3O4S/c21-17(19-18-13-15-5-4-12-24-15)14-8-10-20(11-9-14)25(22,23)16-6-2-1-3-7-16/h1-7,12-14H,8-11H2,(H,19,21)/b18-13+. The van der Waals surface area contributed by atoms with E-state index in [1.54, 1.807) is 42.5 Å². The first kappa shape index (κ1) is 17.4. The van der Waals surface area contributed by atoms with Crippen molar-refractivity contribution in [2.45, 2.75) is 17.7 Å². The van der Waals surface area contributed by atoms with Gasteiger partial charge >= 0.3 is 0 Å². The number of amides is 1. The van der Waals surface area contributed by atoms with E-state index in [9.17, 15) is 13.2 Å². The minimum absolute atomic E-state index is 0.209. The average molecular weight is 361 g/mol. The third-order valence-corrected chi connectivity index (χ3v) is 6.03. The Hall–Kier alpha value is -2.45. The largest absolute Gasteiger partial charge is 0.463 e. The summed E-state index contributed by atoms with van der Waals surface area (Å²) in [6, 6.07) is 11.8. The van der Waals surface area contributed by atoms with Crippen molar-refractivity contribution in [2.75, 3.05) is 13.1 Å². The molecular formula is C17H19N3O4S. The molecule has 2 aromatic rings. The van der Waals surface area contributed by atoms with E-state index in [-0.39, 0.29) is 16.7 Å². The first-order valence-corrected chi connectivity index (χ1v) is 9.43. The van der Waals surface area contributed by atoms with Crippen molar-refractivity contribution in [3.63, 3.8) is 0 Å². The van der Waals surface area contributed by atoms with Crippen molar-refractivity contribution in [3.05, 3.63) is 54.5 Å². The number of benzene rings is 1. The highest BCUT2D eigenvalue weighted by Crippen LogP contribution is 2.23. The minimum Gasteiger partial charge on any atom is -0.463 e. The van der Waals surface area contributed by atoms with Crippen molar-refractivity contribution in [3.8, 4) is 0 Å². The van der Waals surface area contributed by atoms with Gasteiger partial charge in [-0.1, -0.05) is 18.2 Å². The molecule has 0 aliphatic carbocycles. The van der Waals surface area contributed by atoms with Gasteiger partial charge in [-0.15, -0.1) is 0 Å². The SMILES string of the molecule is O=C(N/N=C/c1ccco1)C1CCN(S(=O)(=O)c2ccccc2)CC1. The number of rotatable bonds is 5. The fourth-order valence-electron chi connectivity index (χ4n) is 2.72. The molecule has 25 heavy (non-hydrogen) atoms. The van der Waals surface area contributed by atoms with Crippen LogP contribution in [0.15, 0.2) is 63.1 Å². The summed E-state index contributed by atoms with van der Waals surface area (Å²) in [4.78, 5) is 12.4. The van der Waals surface area contributed by atoms with Crippen molar-refractivity contribution in [1.29, 1.82) is 0 Å². The Labute approximate surface area is 146 Å². The fraction of sp³-hybridized carbons (Fsp3) is 0.294. The summed E-state index contributed by atoms with van der Waals surface area (Å²) >= 11 is 0. The van der Waals surface area contributed by atoms with Crippen LogP contribution in [0, 0.1) is 5.92 Å². The molecule has 1 aliphatic heterocycles. The predicted molar refractivity (Wildman–Crippen MR) is 92.4 cm³/mol. The molecule has 1 aromatic carbocycles. The van der Waals surface area contributed by atoms with Gasteiger partial charge in [0.2, 0.25) is 15.9 Å². The zero-order valence-electron chi connectivity index (χ0n) is 13.5. The maximum absolute atomic E-state index is 12.6. The van der Waals surface area contributed by atoms with Gasteiger partial charge in [-0.3, -0.25) is 4.79 Å². The van der Waals surface area contributed by atoms with Crippen LogP contribution in [0.3, 0.4) is 0 Å². The lowest BCUT2D eigenvalue weighted by Crippen LogP contribution is -2.42. The smallest absolute Gasteiger partial charge is 0.243 e. The summed E-state index contributed by atoms with van der Waals surface area (Å²) in [6.07, 6.45) is 3.88. The molecule has 0 spiro atoms. The molecule has 0 unspecified atom stereocenters. The topological polar surface area (TPSA) is 92.0 Å². The molecule has 8 heteroatoms. The number of nitrogens with one attached hydrogen (secondary N) is 1. The zero-order valence-corrected chi connectivity index (χ0v) is 14.4. The average Bonchev–Trinajstić information content (AvgIpc) is 3.16. The molecule has 1 amide bonds. The molecule has 7 nitrogen and oxygen atoms in total. The van der Waals surface area contributed by atoms with Crippen molar-refractivity contribution in [1.82, 2.24) is 9.73 Å². The normalized spacial score (nSPS) is 17.0. The van der Waals surface area contributed by atoms with Crippen LogP contribution in [0.5, 0.6) is 0 Å². The van der Waals surface area contributed by atoms with Crippen LogP contribution in [-0.2, 0) is 14.8 Å². The number of carbonyl (C=O) groups is 1. The first-order chi connectivity index (χ1) is 12.1. The third-order valence-electron chi connectivity index (χ3n) is 4.12. The van der Waals surface area contributed by atoms with Gasteiger partial charge in [-0.25, -0.2) is 13.8 Å². The molecule has 2 heterocycles. The van der Waals surface area contributed by atoms with Crippen LogP contribution in [0.4, 0.5) is 0 Å². The lowest BCUT2D eigenvalue weighted by atomic mass is 9.98. The summed E-state index contributed by atoms with van der Waals surface area (Å²) in [7, 11) is -3.50. The Morgan fingerprint density at radius 2 is 1.88 bits per heavy atom. The van der Waals surface area contributed by atoms with Gasteiger partial charge in [-0.05, 0) is 37.1 Å². The number of carbonyl (C=O) groups excluding carboxylic acids is 1. The van der Waals surface area contributed by atoms with E-state index in [0.29, 0.717) is 31.7 Å². The lowest BCUT2D eigenvalue weighted by Gasteiger charge is -2.30. The fourth-order valence-corrected chi connectivity index (χ4v) is 4.21. The molecule has 0 atom stereocenters. The molecule has 3 rings (SSSR count). The molecule has 1 aromatic heterocycles. The zero-order chi connectivity index (χ0) is 17.7. The number of furan rings is 1. The van der Waals surface area contributed by atoms with Gasteiger partial charge in [0, 0.05) is 19.0 Å². The van der Waals surface area contributed by atoms with Crippen LogP contribution < -0.4 is 5.43 Å². The summed E-state index contributed by atoms with van der Waals surface area (Å²) in [5.74, 6) is 0.0830. The van der Waals surface area contributed by atoms with Crippen molar-refractivity contribution < 1.29 is 17.6 Å². The monoisotopic (exact) mass is 361 g/mol. The Morgan fingerprint density at radius 1 is 1.16 bits per heavy atom. The summed E-state index contributed by atoms with van der Waals surface area (Å²) in [5.41, 5.74) is 2.48. The van der Waals surface area contributed by atoms with E-state index in [1.807, 2.05) is 0 Å². The lowest BCUT2D eigenvalue weighted by molar-refractivity contribution is -0.126. The Bertz CT molecular complexity index is 824. The number of hydrogen-bond acceptors (Lipinski definition) is 5. The van der Waals surface area contributed by atoms with E-state index in [1.165, 1.54) is 16.8 Å². The maximum Gasteiger partial charge on any atom is 0.243 e. The predicted octanol–water partition coefficient (Wildman–Crippen LogP) is 1.83. The Morgan fingerprint density at radius 3 is 2.52 bits per heavy atom. The van der Waals surface area contributed by atoms with Crippen LogP contribution in [-0.4, -0.2) is 37.9 Å². The van der Waals surface area contributed by atoms with Gasteiger partial charge in [0.1, 0.15) is 5.76 Å². The molecular weight excluding hydrogens is 342 g/mol. The molecule has 0 radical (unpaired) electrons. The second kappa shape index (κ2) is 7.62. The molecule has 132 valence electrons. The van der Waals surface area contributed by atoms with Crippen LogP contribution in [0.1, 0.15) is 18.6 Å². The van der Waals surface area contributed by atoms with E-state index in [0.717, 1.165) is 0 Å². The van der Waals surface area contributed by atoms with Gasteiger partial charge < -0.3 is 4.42 Å². The van der Waals surface area contributed by atoms with Crippen molar-refractivity contribution in [2.24, 2.45) is 11.0 Å². The summed E-state index contributed by atoms with van der Waals surface area (Å²) in [5, 5.41) is 3.85. The number of sulfonamides is 1. The van der Waals surface area contributed by atoms with E-state index in [4.69, 9.17) is 4.42 Å². The van der Waals surface area contributed by atoms with Crippen molar-refractivity contribution >= 4 is 22.1 Å². The second-order valence-corrected chi connectivity index (χ2v) is 7.68. The van der Waals surface area contributed by atoms with Gasteiger partial charge in [0.25, 0.3) is 0 Å². The van der Waals surface area contributed by atoms with Gasteiger partial charge in [0.15, 0.2) is 0 Å². The van der Waals surface area contributed by atoms with Crippen LogP contribution in [0.25, 0.3) is 0 Å². The molecule has 1 aliphatic rings. The molecule has 1 fully saturated rings. The number of piperidine rings is 1. The number of hydrogen-bond donors (Lipinski definition) is 1. The third kappa shape index (κ3) is 4.15. The minimum atomic E-state index is -3.50. The highest BCUT2D eigenvalue weighted by molar-refractivity contribution is 7.89. The maximum atomic E-state index is 12.6. The molecule has 0 bridgehead atoms. The summed E-state index contributed by atoms with van der Waals surface area (Å²) < 4.78 is 31.6. The molecule has 1 N–H and O–H groups in total. The van der Waals surface area contributed by atoms with Gasteiger partial charge in [0.05, 0.1) is 17.4 Å². The van der Waals surface area contributed by atoms with E-state index >= 15 is 0 Å². The van der Waals surface area contributed by atoms with Crippen LogP contribution >= 0.6 is 0 Å².